The summed E-state index contributed by atoms with van der Waals surface area (Å²) in [5.74, 6) is 0.420. The maximum atomic E-state index is 11.5. The van der Waals surface area contributed by atoms with Crippen molar-refractivity contribution in [1.29, 1.82) is 0 Å². The van der Waals surface area contributed by atoms with Gasteiger partial charge in [-0.25, -0.2) is 0 Å². The number of anilines is 1. The average Bonchev–Trinajstić information content (AvgIpc) is 2.76. The van der Waals surface area contributed by atoms with Gasteiger partial charge in [0.1, 0.15) is 0 Å². The van der Waals surface area contributed by atoms with Crippen LogP contribution in [-0.4, -0.2) is 26.7 Å². The number of pyridine rings is 1. The molecule has 0 spiro atoms. The summed E-state index contributed by atoms with van der Waals surface area (Å²) in [6, 6.07) is 5.46. The van der Waals surface area contributed by atoms with Gasteiger partial charge >= 0.3 is 0 Å². The molecule has 2 aromatic rings. The van der Waals surface area contributed by atoms with Crippen molar-refractivity contribution in [2.45, 2.75) is 25.9 Å². The largest absolute Gasteiger partial charge is 0.327 e. The van der Waals surface area contributed by atoms with E-state index in [1.807, 2.05) is 18.3 Å². The van der Waals surface area contributed by atoms with Gasteiger partial charge in [0.2, 0.25) is 5.91 Å². The highest BCUT2D eigenvalue weighted by molar-refractivity contribution is 5.90. The SMILES string of the molecule is CC(N)CC(=O)Nc1ccn(Cc2ccncc2)n1.Cl.Cl. The summed E-state index contributed by atoms with van der Waals surface area (Å²) in [7, 11) is 0. The lowest BCUT2D eigenvalue weighted by Gasteiger charge is -2.04. The van der Waals surface area contributed by atoms with Crippen molar-refractivity contribution in [2.75, 3.05) is 5.32 Å². The Morgan fingerprint density at radius 1 is 1.33 bits per heavy atom. The molecule has 0 aliphatic carbocycles. The molecule has 0 bridgehead atoms. The van der Waals surface area contributed by atoms with Gasteiger partial charge in [-0.1, -0.05) is 0 Å². The van der Waals surface area contributed by atoms with Crippen LogP contribution in [0.4, 0.5) is 5.82 Å². The molecule has 1 unspecified atom stereocenters. The second-order valence-corrected chi connectivity index (χ2v) is 4.48. The van der Waals surface area contributed by atoms with Gasteiger partial charge < -0.3 is 11.1 Å². The van der Waals surface area contributed by atoms with Gasteiger partial charge in [0.15, 0.2) is 5.82 Å². The predicted molar refractivity (Wildman–Crippen MR) is 87.0 cm³/mol. The number of aromatic nitrogens is 3. The molecule has 0 aromatic carbocycles. The molecule has 21 heavy (non-hydrogen) atoms. The number of nitrogens with zero attached hydrogens (tertiary/aromatic N) is 3. The van der Waals surface area contributed by atoms with Gasteiger partial charge in [-0.2, -0.15) is 5.10 Å². The zero-order valence-electron chi connectivity index (χ0n) is 11.6. The van der Waals surface area contributed by atoms with Crippen molar-refractivity contribution in [3.05, 3.63) is 42.4 Å². The molecule has 0 aliphatic heterocycles. The Morgan fingerprint density at radius 2 is 2.00 bits per heavy atom. The van der Waals surface area contributed by atoms with E-state index >= 15 is 0 Å². The first-order valence-corrected chi connectivity index (χ1v) is 6.11. The monoisotopic (exact) mass is 331 g/mol. The predicted octanol–water partition coefficient (Wildman–Crippen LogP) is 1.85. The second-order valence-electron chi connectivity index (χ2n) is 4.48. The van der Waals surface area contributed by atoms with Crippen molar-refractivity contribution in [2.24, 2.45) is 5.73 Å². The lowest BCUT2D eigenvalue weighted by Crippen LogP contribution is -2.24. The van der Waals surface area contributed by atoms with Crippen LogP contribution in [0.2, 0.25) is 0 Å². The van der Waals surface area contributed by atoms with Gasteiger partial charge in [0, 0.05) is 37.1 Å². The van der Waals surface area contributed by atoms with Crippen molar-refractivity contribution in [3.63, 3.8) is 0 Å². The molecule has 0 aliphatic rings. The van der Waals surface area contributed by atoms with E-state index in [1.54, 1.807) is 30.1 Å². The fourth-order valence-electron chi connectivity index (χ4n) is 1.68. The average molecular weight is 332 g/mol. The van der Waals surface area contributed by atoms with Crippen LogP contribution in [0.25, 0.3) is 0 Å². The lowest BCUT2D eigenvalue weighted by molar-refractivity contribution is -0.116. The summed E-state index contributed by atoms with van der Waals surface area (Å²) >= 11 is 0. The molecular formula is C13H19Cl2N5O. The highest BCUT2D eigenvalue weighted by Crippen LogP contribution is 2.06. The Labute approximate surface area is 135 Å². The summed E-state index contributed by atoms with van der Waals surface area (Å²) in [6.45, 7) is 2.44. The van der Waals surface area contributed by atoms with Crippen LogP contribution in [0.5, 0.6) is 0 Å². The first-order chi connectivity index (χ1) is 9.13. The number of halogens is 2. The topological polar surface area (TPSA) is 85.8 Å². The van der Waals surface area contributed by atoms with E-state index in [4.69, 9.17) is 5.73 Å². The fourth-order valence-corrected chi connectivity index (χ4v) is 1.68. The van der Waals surface area contributed by atoms with E-state index in [9.17, 15) is 4.79 Å². The summed E-state index contributed by atoms with van der Waals surface area (Å²) in [6.07, 6.45) is 5.59. The highest BCUT2D eigenvalue weighted by atomic mass is 35.5. The second kappa shape index (κ2) is 9.33. The number of carbonyl (C=O) groups is 1. The molecule has 0 saturated carbocycles. The first-order valence-electron chi connectivity index (χ1n) is 6.11. The van der Waals surface area contributed by atoms with E-state index in [1.165, 1.54) is 0 Å². The molecule has 2 aromatic heterocycles. The molecule has 0 saturated heterocycles. The third-order valence-electron chi connectivity index (χ3n) is 2.51. The number of hydrogen-bond donors (Lipinski definition) is 2. The summed E-state index contributed by atoms with van der Waals surface area (Å²) < 4.78 is 1.76. The zero-order valence-corrected chi connectivity index (χ0v) is 13.2. The van der Waals surface area contributed by atoms with Crippen LogP contribution in [0.15, 0.2) is 36.8 Å². The molecule has 0 radical (unpaired) electrons. The van der Waals surface area contributed by atoms with Gasteiger partial charge in [0.25, 0.3) is 0 Å². The summed E-state index contributed by atoms with van der Waals surface area (Å²) in [4.78, 5) is 15.5. The molecule has 6 nitrogen and oxygen atoms in total. The minimum Gasteiger partial charge on any atom is -0.327 e. The Balaban J connectivity index is 0.00000200. The molecule has 2 heterocycles. The molecule has 1 atom stereocenters. The quantitative estimate of drug-likeness (QED) is 0.875. The van der Waals surface area contributed by atoms with Crippen LogP contribution in [0.3, 0.4) is 0 Å². The van der Waals surface area contributed by atoms with Crippen LogP contribution < -0.4 is 11.1 Å². The molecular weight excluding hydrogens is 313 g/mol. The summed E-state index contributed by atoms with van der Waals surface area (Å²) in [5, 5.41) is 6.99. The molecule has 116 valence electrons. The maximum absolute atomic E-state index is 11.5. The van der Waals surface area contributed by atoms with E-state index < -0.39 is 0 Å². The van der Waals surface area contributed by atoms with E-state index in [2.05, 4.69) is 15.4 Å². The van der Waals surface area contributed by atoms with Crippen molar-refractivity contribution in [1.82, 2.24) is 14.8 Å². The van der Waals surface area contributed by atoms with Crippen molar-refractivity contribution >= 4 is 36.5 Å². The molecule has 8 heteroatoms. The standard InChI is InChI=1S/C13H17N5O.2ClH/c1-10(14)8-13(19)16-12-4-7-18(17-12)9-11-2-5-15-6-3-11;;/h2-7,10H,8-9,14H2,1H3,(H,16,17,19);2*1H. The number of amides is 1. The highest BCUT2D eigenvalue weighted by Gasteiger charge is 2.07. The smallest absolute Gasteiger partial charge is 0.227 e. The van der Waals surface area contributed by atoms with Gasteiger partial charge in [-0.05, 0) is 24.6 Å². The summed E-state index contributed by atoms with van der Waals surface area (Å²) in [5.41, 5.74) is 6.67. The van der Waals surface area contributed by atoms with Crippen molar-refractivity contribution in [3.8, 4) is 0 Å². The van der Waals surface area contributed by atoms with E-state index in [0.29, 0.717) is 12.4 Å². The molecule has 0 fully saturated rings. The number of rotatable bonds is 5. The lowest BCUT2D eigenvalue weighted by atomic mass is 10.2. The Kier molecular flexibility index (Phi) is 8.61. The van der Waals surface area contributed by atoms with Gasteiger partial charge in [-0.15, -0.1) is 24.8 Å². The fraction of sp³-hybridized carbons (Fsp3) is 0.308. The minimum atomic E-state index is -0.154. The zero-order chi connectivity index (χ0) is 13.7. The number of carbonyl (C=O) groups excluding carboxylic acids is 1. The Bertz CT molecular complexity index is 545. The number of hydrogen-bond acceptors (Lipinski definition) is 4. The molecule has 3 N–H and O–H groups in total. The third kappa shape index (κ3) is 6.57. The van der Waals surface area contributed by atoms with Crippen LogP contribution in [0, 0.1) is 0 Å². The third-order valence-corrected chi connectivity index (χ3v) is 2.51. The normalized spacial score (nSPS) is 11.0. The minimum absolute atomic E-state index is 0. The van der Waals surface area contributed by atoms with E-state index in [-0.39, 0.29) is 43.2 Å². The number of nitrogens with one attached hydrogen (secondary N) is 1. The van der Waals surface area contributed by atoms with Gasteiger partial charge in [0.05, 0.1) is 6.54 Å². The first kappa shape index (κ1) is 19.4. The van der Waals surface area contributed by atoms with Crippen LogP contribution >= 0.6 is 24.8 Å². The number of nitrogens with two attached hydrogens (primary N) is 1. The van der Waals surface area contributed by atoms with Crippen LogP contribution in [0.1, 0.15) is 18.9 Å². The van der Waals surface area contributed by atoms with Gasteiger partial charge in [-0.3, -0.25) is 14.5 Å². The molecule has 1 amide bonds. The Hall–Kier alpha value is -1.63. The maximum Gasteiger partial charge on any atom is 0.227 e. The van der Waals surface area contributed by atoms with Crippen molar-refractivity contribution < 1.29 is 4.79 Å². The Morgan fingerprint density at radius 3 is 2.62 bits per heavy atom. The molecule has 2 rings (SSSR count). The van der Waals surface area contributed by atoms with E-state index in [0.717, 1.165) is 5.56 Å². The van der Waals surface area contributed by atoms with Crippen LogP contribution in [-0.2, 0) is 11.3 Å².